The van der Waals surface area contributed by atoms with E-state index >= 15 is 0 Å². The molecule has 24 heavy (non-hydrogen) atoms. The number of ether oxygens (including phenoxy) is 1. The van der Waals surface area contributed by atoms with Crippen LogP contribution in [0.5, 0.6) is 5.75 Å². The molecule has 0 aliphatic rings. The summed E-state index contributed by atoms with van der Waals surface area (Å²) in [5.41, 5.74) is 4.17. The minimum absolute atomic E-state index is 0.177. The molecule has 1 N–H and O–H groups in total. The first-order chi connectivity index (χ1) is 11.4. The number of hydrogen-bond donors (Lipinski definition) is 1. The van der Waals surface area contributed by atoms with Gasteiger partial charge in [0.1, 0.15) is 5.75 Å². The maximum atomic E-state index is 12.4. The van der Waals surface area contributed by atoms with Gasteiger partial charge in [-0.05, 0) is 49.2 Å². The molecular weight excluding hydrogens is 304 g/mol. The smallest absolute Gasteiger partial charge is 0.307 e. The van der Waals surface area contributed by atoms with E-state index in [9.17, 15) is 9.59 Å². The van der Waals surface area contributed by atoms with Gasteiger partial charge in [-0.2, -0.15) is 0 Å². The van der Waals surface area contributed by atoms with Crippen molar-refractivity contribution in [1.29, 1.82) is 0 Å². The molecule has 4 heteroatoms. The first-order valence-corrected chi connectivity index (χ1v) is 7.59. The molecular formula is C20H20O4. The van der Waals surface area contributed by atoms with Gasteiger partial charge >= 0.3 is 5.97 Å². The van der Waals surface area contributed by atoms with Crippen LogP contribution in [-0.2, 0) is 11.2 Å². The Morgan fingerprint density at radius 2 is 1.88 bits per heavy atom. The van der Waals surface area contributed by atoms with Crippen molar-refractivity contribution in [2.24, 2.45) is 0 Å². The second-order valence-corrected chi connectivity index (χ2v) is 5.65. The van der Waals surface area contributed by atoms with Crippen LogP contribution >= 0.6 is 0 Å². The zero-order valence-corrected chi connectivity index (χ0v) is 14.0. The molecule has 4 nitrogen and oxygen atoms in total. The Labute approximate surface area is 141 Å². The van der Waals surface area contributed by atoms with E-state index in [0.29, 0.717) is 16.9 Å². The maximum Gasteiger partial charge on any atom is 0.307 e. The fourth-order valence-corrected chi connectivity index (χ4v) is 2.51. The molecule has 124 valence electrons. The van der Waals surface area contributed by atoms with Crippen LogP contribution in [0.15, 0.2) is 42.5 Å². The third-order valence-corrected chi connectivity index (χ3v) is 3.75. The van der Waals surface area contributed by atoms with Crippen LogP contribution in [0, 0.1) is 13.8 Å². The lowest BCUT2D eigenvalue weighted by atomic mass is 10.0. The van der Waals surface area contributed by atoms with E-state index < -0.39 is 5.97 Å². The number of carboxylic acid groups (broad SMARTS) is 1. The number of hydrogen-bond acceptors (Lipinski definition) is 3. The number of aliphatic carboxylic acids is 1. The van der Waals surface area contributed by atoms with E-state index in [1.165, 1.54) is 18.7 Å². The van der Waals surface area contributed by atoms with E-state index in [1.807, 2.05) is 26.0 Å². The Balaban J connectivity index is 2.26. The van der Waals surface area contributed by atoms with Gasteiger partial charge in [0.25, 0.3) is 0 Å². The number of methoxy groups -OCH3 is 1. The molecule has 0 spiro atoms. The fourth-order valence-electron chi connectivity index (χ4n) is 2.51. The third-order valence-electron chi connectivity index (χ3n) is 3.75. The Morgan fingerprint density at radius 1 is 1.12 bits per heavy atom. The van der Waals surface area contributed by atoms with Crippen LogP contribution in [0.25, 0.3) is 6.08 Å². The highest BCUT2D eigenvalue weighted by Gasteiger charge is 2.11. The van der Waals surface area contributed by atoms with Crippen molar-refractivity contribution in [3.63, 3.8) is 0 Å². The van der Waals surface area contributed by atoms with Gasteiger partial charge in [-0.25, -0.2) is 0 Å². The van der Waals surface area contributed by atoms with Crippen molar-refractivity contribution in [2.75, 3.05) is 7.11 Å². The Kier molecular flexibility index (Phi) is 5.53. The molecule has 0 radical (unpaired) electrons. The molecule has 2 aromatic rings. The molecule has 0 heterocycles. The van der Waals surface area contributed by atoms with Crippen molar-refractivity contribution in [3.05, 3.63) is 70.3 Å². The number of benzene rings is 2. The topological polar surface area (TPSA) is 63.6 Å². The summed E-state index contributed by atoms with van der Waals surface area (Å²) in [6.07, 6.45) is 3.09. The standard InChI is InChI=1S/C20H20O4/c1-13-4-5-15(14(2)10-13)6-8-18(21)16-7-9-19(24-3)17(11-16)12-20(22)23/h4-11H,12H2,1-3H3,(H,22,23)/b8-6+. The van der Waals surface area contributed by atoms with Gasteiger partial charge in [-0.1, -0.05) is 29.8 Å². The lowest BCUT2D eigenvalue weighted by Crippen LogP contribution is -2.04. The van der Waals surface area contributed by atoms with Crippen LogP contribution in [0.2, 0.25) is 0 Å². The molecule has 0 bridgehead atoms. The monoisotopic (exact) mass is 324 g/mol. The lowest BCUT2D eigenvalue weighted by molar-refractivity contribution is -0.136. The normalized spacial score (nSPS) is 10.8. The van der Waals surface area contributed by atoms with Crippen LogP contribution in [0.4, 0.5) is 0 Å². The largest absolute Gasteiger partial charge is 0.496 e. The average Bonchev–Trinajstić information content (AvgIpc) is 2.53. The molecule has 0 aliphatic heterocycles. The van der Waals surface area contributed by atoms with Gasteiger partial charge in [0.15, 0.2) is 5.78 Å². The minimum Gasteiger partial charge on any atom is -0.496 e. The number of aryl methyl sites for hydroxylation is 2. The summed E-state index contributed by atoms with van der Waals surface area (Å²) in [4.78, 5) is 23.3. The molecule has 0 atom stereocenters. The zero-order valence-electron chi connectivity index (χ0n) is 14.0. The number of carboxylic acids is 1. The lowest BCUT2D eigenvalue weighted by Gasteiger charge is -2.08. The molecule has 0 saturated carbocycles. The molecule has 0 unspecified atom stereocenters. The predicted octanol–water partition coefficient (Wildman–Crippen LogP) is 3.84. The molecule has 2 rings (SSSR count). The van der Waals surface area contributed by atoms with Gasteiger partial charge in [0.2, 0.25) is 0 Å². The average molecular weight is 324 g/mol. The molecule has 0 fully saturated rings. The van der Waals surface area contributed by atoms with Crippen LogP contribution < -0.4 is 4.74 Å². The number of ketones is 1. The summed E-state index contributed by atoms with van der Waals surface area (Å²) in [6, 6.07) is 10.9. The predicted molar refractivity (Wildman–Crippen MR) is 93.6 cm³/mol. The first kappa shape index (κ1) is 17.5. The SMILES string of the molecule is COc1ccc(C(=O)/C=C/c2ccc(C)cc2C)cc1CC(=O)O. The minimum atomic E-state index is -0.969. The molecule has 0 aliphatic carbocycles. The zero-order chi connectivity index (χ0) is 17.7. The van der Waals surface area contributed by atoms with Crippen molar-refractivity contribution < 1.29 is 19.4 Å². The highest BCUT2D eigenvalue weighted by atomic mass is 16.5. The third kappa shape index (κ3) is 4.32. The summed E-state index contributed by atoms with van der Waals surface area (Å²) in [7, 11) is 1.47. The van der Waals surface area contributed by atoms with E-state index in [2.05, 4.69) is 6.07 Å². The Bertz CT molecular complexity index is 803. The molecule has 2 aromatic carbocycles. The van der Waals surface area contributed by atoms with Gasteiger partial charge in [-0.15, -0.1) is 0 Å². The van der Waals surface area contributed by atoms with Crippen LogP contribution in [-0.4, -0.2) is 24.0 Å². The number of allylic oxidation sites excluding steroid dienone is 1. The summed E-state index contributed by atoms with van der Waals surface area (Å²) >= 11 is 0. The molecule has 0 aromatic heterocycles. The number of carbonyl (C=O) groups excluding carboxylic acids is 1. The molecule has 0 saturated heterocycles. The van der Waals surface area contributed by atoms with Crippen molar-refractivity contribution in [1.82, 2.24) is 0 Å². The highest BCUT2D eigenvalue weighted by Crippen LogP contribution is 2.21. The van der Waals surface area contributed by atoms with Crippen molar-refractivity contribution >= 4 is 17.8 Å². The van der Waals surface area contributed by atoms with Crippen LogP contribution in [0.1, 0.15) is 32.6 Å². The van der Waals surface area contributed by atoms with Gasteiger partial charge in [0, 0.05) is 11.1 Å². The first-order valence-electron chi connectivity index (χ1n) is 7.59. The molecule has 0 amide bonds. The fraction of sp³-hybridized carbons (Fsp3) is 0.200. The summed E-state index contributed by atoms with van der Waals surface area (Å²) in [5.74, 6) is -0.680. The van der Waals surface area contributed by atoms with E-state index in [4.69, 9.17) is 9.84 Å². The van der Waals surface area contributed by atoms with Crippen molar-refractivity contribution in [2.45, 2.75) is 20.3 Å². The quantitative estimate of drug-likeness (QED) is 0.648. The number of carbonyl (C=O) groups is 2. The highest BCUT2D eigenvalue weighted by molar-refractivity contribution is 6.07. The summed E-state index contributed by atoms with van der Waals surface area (Å²) in [5, 5.41) is 8.97. The van der Waals surface area contributed by atoms with Gasteiger partial charge < -0.3 is 9.84 Å². The van der Waals surface area contributed by atoms with E-state index in [-0.39, 0.29) is 12.2 Å². The summed E-state index contributed by atoms with van der Waals surface area (Å²) < 4.78 is 5.14. The Morgan fingerprint density at radius 3 is 2.50 bits per heavy atom. The second kappa shape index (κ2) is 7.59. The van der Waals surface area contributed by atoms with Crippen LogP contribution in [0.3, 0.4) is 0 Å². The van der Waals surface area contributed by atoms with E-state index in [1.54, 1.807) is 24.3 Å². The van der Waals surface area contributed by atoms with E-state index in [0.717, 1.165) is 11.1 Å². The Hall–Kier alpha value is -2.88. The van der Waals surface area contributed by atoms with Gasteiger partial charge in [-0.3, -0.25) is 9.59 Å². The van der Waals surface area contributed by atoms with Gasteiger partial charge in [0.05, 0.1) is 13.5 Å². The van der Waals surface area contributed by atoms with Crippen molar-refractivity contribution in [3.8, 4) is 5.75 Å². The second-order valence-electron chi connectivity index (χ2n) is 5.65. The number of rotatable bonds is 6. The summed E-state index contributed by atoms with van der Waals surface area (Å²) in [6.45, 7) is 4.02. The maximum absolute atomic E-state index is 12.4.